The van der Waals surface area contributed by atoms with Crippen LogP contribution in [0.2, 0.25) is 0 Å². The fourth-order valence-corrected chi connectivity index (χ4v) is 2.91. The Labute approximate surface area is 159 Å². The first-order chi connectivity index (χ1) is 13.1. The Morgan fingerprint density at radius 1 is 1.04 bits per heavy atom. The molecule has 0 radical (unpaired) electrons. The average Bonchev–Trinajstić information content (AvgIpc) is 3.12. The lowest BCUT2D eigenvalue weighted by Gasteiger charge is -2.09. The number of fused-ring (bicyclic) bond motifs is 1. The largest absolute Gasteiger partial charge is 0.425 e. The summed E-state index contributed by atoms with van der Waals surface area (Å²) in [6, 6.07) is 19.9. The highest BCUT2D eigenvalue weighted by Gasteiger charge is 2.20. The summed E-state index contributed by atoms with van der Waals surface area (Å²) in [4.78, 5) is 12.3. The van der Waals surface area contributed by atoms with E-state index in [0.717, 1.165) is 10.9 Å². The van der Waals surface area contributed by atoms with Crippen LogP contribution in [0, 0.1) is 5.82 Å². The summed E-state index contributed by atoms with van der Waals surface area (Å²) in [6.45, 7) is 0. The molecular weight excluding hydrogens is 369 g/mol. The SMILES string of the molecule is O=C(Oc1ccc2c(-c3ccc(F)cc3)noc2c1)C(Cl)c1ccccc1. The molecule has 4 aromatic rings. The molecule has 0 N–H and O–H groups in total. The van der Waals surface area contributed by atoms with Gasteiger partial charge in [-0.25, -0.2) is 9.18 Å². The predicted molar refractivity (Wildman–Crippen MR) is 100 cm³/mol. The molecule has 0 bridgehead atoms. The van der Waals surface area contributed by atoms with Crippen molar-refractivity contribution in [3.05, 3.63) is 84.2 Å². The number of carbonyl (C=O) groups is 1. The van der Waals surface area contributed by atoms with E-state index < -0.39 is 11.3 Å². The number of ether oxygens (including phenoxy) is 1. The lowest BCUT2D eigenvalue weighted by Crippen LogP contribution is -2.14. The van der Waals surface area contributed by atoms with Crippen LogP contribution in [0.1, 0.15) is 10.9 Å². The third-order valence-corrected chi connectivity index (χ3v) is 4.51. The molecule has 0 fully saturated rings. The Bertz CT molecular complexity index is 1090. The van der Waals surface area contributed by atoms with Gasteiger partial charge in [0.25, 0.3) is 0 Å². The topological polar surface area (TPSA) is 52.3 Å². The molecule has 0 amide bonds. The quantitative estimate of drug-likeness (QED) is 0.265. The van der Waals surface area contributed by atoms with E-state index in [1.807, 2.05) is 6.07 Å². The zero-order valence-electron chi connectivity index (χ0n) is 13.9. The molecule has 3 aromatic carbocycles. The number of carbonyl (C=O) groups excluding carboxylic acids is 1. The predicted octanol–water partition coefficient (Wildman–Crippen LogP) is 5.52. The van der Waals surface area contributed by atoms with Crippen molar-refractivity contribution in [1.29, 1.82) is 0 Å². The third kappa shape index (κ3) is 3.55. The van der Waals surface area contributed by atoms with Gasteiger partial charge in [0.1, 0.15) is 17.3 Å². The molecular formula is C21H13ClFNO3. The second-order valence-electron chi connectivity index (χ2n) is 5.89. The van der Waals surface area contributed by atoms with Crippen LogP contribution in [0.5, 0.6) is 5.75 Å². The van der Waals surface area contributed by atoms with Crippen molar-refractivity contribution in [3.63, 3.8) is 0 Å². The molecule has 0 aliphatic carbocycles. The molecule has 4 rings (SSSR count). The smallest absolute Gasteiger partial charge is 0.334 e. The first kappa shape index (κ1) is 17.2. The minimum absolute atomic E-state index is 0.302. The highest BCUT2D eigenvalue weighted by molar-refractivity contribution is 6.30. The summed E-state index contributed by atoms with van der Waals surface area (Å²) < 4.78 is 23.8. The van der Waals surface area contributed by atoms with E-state index in [2.05, 4.69) is 5.16 Å². The van der Waals surface area contributed by atoms with E-state index >= 15 is 0 Å². The molecule has 0 aliphatic rings. The van der Waals surface area contributed by atoms with Crippen LogP contribution in [-0.4, -0.2) is 11.1 Å². The van der Waals surface area contributed by atoms with Gasteiger partial charge in [-0.1, -0.05) is 35.5 Å². The highest BCUT2D eigenvalue weighted by atomic mass is 35.5. The van der Waals surface area contributed by atoms with Gasteiger partial charge in [0.2, 0.25) is 0 Å². The molecule has 27 heavy (non-hydrogen) atoms. The minimum atomic E-state index is -0.911. The fourth-order valence-electron chi connectivity index (χ4n) is 2.72. The van der Waals surface area contributed by atoms with Crippen molar-refractivity contribution in [3.8, 4) is 17.0 Å². The second-order valence-corrected chi connectivity index (χ2v) is 6.33. The molecule has 134 valence electrons. The van der Waals surface area contributed by atoms with Crippen molar-refractivity contribution in [2.45, 2.75) is 5.38 Å². The van der Waals surface area contributed by atoms with Gasteiger partial charge in [-0.2, -0.15) is 0 Å². The summed E-state index contributed by atoms with van der Waals surface area (Å²) in [5.41, 5.74) is 2.42. The summed E-state index contributed by atoms with van der Waals surface area (Å²) in [5.74, 6) is -0.605. The Hall–Kier alpha value is -3.18. The van der Waals surface area contributed by atoms with Crippen molar-refractivity contribution in [1.82, 2.24) is 5.16 Å². The van der Waals surface area contributed by atoms with Crippen LogP contribution < -0.4 is 4.74 Å². The maximum atomic E-state index is 13.1. The fraction of sp³-hybridized carbons (Fsp3) is 0.0476. The number of alkyl halides is 1. The van der Waals surface area contributed by atoms with Crippen molar-refractivity contribution in [2.75, 3.05) is 0 Å². The number of benzene rings is 3. The summed E-state index contributed by atoms with van der Waals surface area (Å²) in [5, 5.41) is 3.85. The Kier molecular flexibility index (Phi) is 4.60. The van der Waals surface area contributed by atoms with Gasteiger partial charge >= 0.3 is 5.97 Å². The molecule has 4 nitrogen and oxygen atoms in total. The first-order valence-corrected chi connectivity index (χ1v) is 8.61. The van der Waals surface area contributed by atoms with Gasteiger partial charge in [-0.05, 0) is 42.0 Å². The number of hydrogen-bond acceptors (Lipinski definition) is 4. The zero-order valence-corrected chi connectivity index (χ0v) is 14.7. The summed E-state index contributed by atoms with van der Waals surface area (Å²) >= 11 is 6.18. The van der Waals surface area contributed by atoms with Gasteiger partial charge < -0.3 is 9.26 Å². The summed E-state index contributed by atoms with van der Waals surface area (Å²) in [7, 11) is 0. The maximum Gasteiger partial charge on any atom is 0.334 e. The van der Waals surface area contributed by atoms with Gasteiger partial charge in [-0.3, -0.25) is 0 Å². The molecule has 6 heteroatoms. The monoisotopic (exact) mass is 381 g/mol. The molecule has 0 saturated heterocycles. The number of esters is 1. The number of nitrogens with zero attached hydrogens (tertiary/aromatic N) is 1. The van der Waals surface area contributed by atoms with Crippen LogP contribution in [0.3, 0.4) is 0 Å². The van der Waals surface area contributed by atoms with E-state index in [0.29, 0.717) is 22.6 Å². The third-order valence-electron chi connectivity index (χ3n) is 4.08. The zero-order chi connectivity index (χ0) is 18.8. The van der Waals surface area contributed by atoms with Crippen molar-refractivity contribution in [2.24, 2.45) is 0 Å². The standard InChI is InChI=1S/C21H13ClFNO3/c22-19(13-4-2-1-3-5-13)21(25)26-16-10-11-17-18(12-16)27-24-20(17)14-6-8-15(23)9-7-14/h1-12,19H. The molecule has 1 aromatic heterocycles. The van der Waals surface area contributed by atoms with Crippen LogP contribution >= 0.6 is 11.6 Å². The van der Waals surface area contributed by atoms with Crippen LogP contribution in [-0.2, 0) is 4.79 Å². The average molecular weight is 382 g/mol. The molecule has 0 spiro atoms. The Balaban J connectivity index is 1.57. The molecule has 0 aliphatic heterocycles. The lowest BCUT2D eigenvalue weighted by molar-refractivity contribution is -0.134. The molecule has 1 unspecified atom stereocenters. The van der Waals surface area contributed by atoms with Crippen molar-refractivity contribution >= 4 is 28.5 Å². The van der Waals surface area contributed by atoms with Gasteiger partial charge in [0.15, 0.2) is 11.0 Å². The lowest BCUT2D eigenvalue weighted by atomic mass is 10.1. The Morgan fingerprint density at radius 2 is 1.78 bits per heavy atom. The Morgan fingerprint density at radius 3 is 2.52 bits per heavy atom. The van der Waals surface area contributed by atoms with Crippen LogP contribution in [0.4, 0.5) is 4.39 Å². The van der Waals surface area contributed by atoms with E-state index in [9.17, 15) is 9.18 Å². The molecule has 1 atom stereocenters. The maximum absolute atomic E-state index is 13.1. The van der Waals surface area contributed by atoms with Crippen LogP contribution in [0.25, 0.3) is 22.2 Å². The number of hydrogen-bond donors (Lipinski definition) is 0. The van der Waals surface area contributed by atoms with Gasteiger partial charge in [0.05, 0.1) is 0 Å². The number of aromatic nitrogens is 1. The van der Waals surface area contributed by atoms with Crippen molar-refractivity contribution < 1.29 is 18.4 Å². The van der Waals surface area contributed by atoms with E-state index in [4.69, 9.17) is 20.9 Å². The molecule has 1 heterocycles. The second kappa shape index (κ2) is 7.21. The van der Waals surface area contributed by atoms with E-state index in [1.54, 1.807) is 54.6 Å². The minimum Gasteiger partial charge on any atom is -0.425 e. The van der Waals surface area contributed by atoms with E-state index in [1.165, 1.54) is 12.1 Å². The number of rotatable bonds is 4. The van der Waals surface area contributed by atoms with Crippen LogP contribution in [0.15, 0.2) is 77.3 Å². The highest BCUT2D eigenvalue weighted by Crippen LogP contribution is 2.31. The first-order valence-electron chi connectivity index (χ1n) is 8.18. The normalized spacial score (nSPS) is 12.1. The van der Waals surface area contributed by atoms with Gasteiger partial charge in [0, 0.05) is 17.0 Å². The van der Waals surface area contributed by atoms with Gasteiger partial charge in [-0.15, -0.1) is 11.6 Å². The van der Waals surface area contributed by atoms with E-state index in [-0.39, 0.29) is 5.82 Å². The molecule has 0 saturated carbocycles. The number of halogens is 2. The summed E-state index contributed by atoms with van der Waals surface area (Å²) in [6.07, 6.45) is 0.